The molecule has 1 aliphatic heterocycles. The highest BCUT2D eigenvalue weighted by molar-refractivity contribution is 7.92. The maximum atomic E-state index is 12.2. The van der Waals surface area contributed by atoms with Crippen LogP contribution in [-0.4, -0.2) is 61.5 Å². The van der Waals surface area contributed by atoms with Crippen molar-refractivity contribution in [2.45, 2.75) is 6.42 Å². The van der Waals surface area contributed by atoms with Gasteiger partial charge in [-0.25, -0.2) is 8.42 Å². The molecule has 0 unspecified atom stereocenters. The van der Waals surface area contributed by atoms with E-state index in [1.54, 1.807) is 12.1 Å². The fourth-order valence-electron chi connectivity index (χ4n) is 2.53. The topological polar surface area (TPSA) is 84.4 Å². The van der Waals surface area contributed by atoms with E-state index in [1.807, 2.05) is 17.5 Å². The van der Waals surface area contributed by atoms with Gasteiger partial charge >= 0.3 is 0 Å². The predicted octanol–water partition coefficient (Wildman–Crippen LogP) is 1.67. The van der Waals surface area contributed by atoms with Gasteiger partial charge in [0.25, 0.3) is 0 Å². The standard InChI is InChI=1S/C15H20N4O3S2/c20-24(21,11-1-6-19-7-9-22-10-8-19)17-14-4-2-13(3-5-14)15-12-23-18-16-15/h2-5,12,17H,1,6-11H2. The molecule has 0 radical (unpaired) electrons. The third-order valence-electron chi connectivity index (χ3n) is 3.81. The van der Waals surface area contributed by atoms with Gasteiger partial charge in [-0.05, 0) is 36.6 Å². The number of hydrogen-bond acceptors (Lipinski definition) is 7. The van der Waals surface area contributed by atoms with E-state index < -0.39 is 10.0 Å². The minimum Gasteiger partial charge on any atom is -0.379 e. The Bertz CT molecular complexity index is 727. The molecule has 0 aliphatic carbocycles. The lowest BCUT2D eigenvalue weighted by Gasteiger charge is -2.26. The van der Waals surface area contributed by atoms with Crippen molar-refractivity contribution in [3.05, 3.63) is 29.6 Å². The van der Waals surface area contributed by atoms with Crippen LogP contribution in [0.4, 0.5) is 5.69 Å². The molecule has 0 amide bonds. The number of anilines is 1. The van der Waals surface area contributed by atoms with Crippen molar-refractivity contribution < 1.29 is 13.2 Å². The quantitative estimate of drug-likeness (QED) is 0.800. The minimum atomic E-state index is -3.34. The zero-order chi connectivity index (χ0) is 16.8. The maximum absolute atomic E-state index is 12.2. The molecule has 7 nitrogen and oxygen atoms in total. The summed E-state index contributed by atoms with van der Waals surface area (Å²) in [4.78, 5) is 2.23. The van der Waals surface area contributed by atoms with Crippen molar-refractivity contribution in [3.63, 3.8) is 0 Å². The number of hydrogen-bond donors (Lipinski definition) is 1. The Morgan fingerprint density at radius 3 is 2.62 bits per heavy atom. The molecule has 1 aromatic heterocycles. The Morgan fingerprint density at radius 1 is 1.21 bits per heavy atom. The monoisotopic (exact) mass is 368 g/mol. The zero-order valence-corrected chi connectivity index (χ0v) is 14.9. The van der Waals surface area contributed by atoms with Crippen LogP contribution < -0.4 is 4.72 Å². The number of sulfonamides is 1. The molecular weight excluding hydrogens is 348 g/mol. The largest absolute Gasteiger partial charge is 0.379 e. The Kier molecular flexibility index (Phi) is 5.77. The number of nitrogens with zero attached hydrogens (tertiary/aromatic N) is 3. The highest BCUT2D eigenvalue weighted by atomic mass is 32.2. The first-order valence-electron chi connectivity index (χ1n) is 7.80. The van der Waals surface area contributed by atoms with Crippen molar-refractivity contribution in [2.24, 2.45) is 0 Å². The van der Waals surface area contributed by atoms with Gasteiger partial charge in [-0.1, -0.05) is 16.6 Å². The van der Waals surface area contributed by atoms with Crippen LogP contribution in [-0.2, 0) is 14.8 Å². The maximum Gasteiger partial charge on any atom is 0.232 e. The summed E-state index contributed by atoms with van der Waals surface area (Å²) in [5.74, 6) is 0.113. The van der Waals surface area contributed by atoms with Crippen LogP contribution in [0.5, 0.6) is 0 Å². The third kappa shape index (κ3) is 4.97. The summed E-state index contributed by atoms with van der Waals surface area (Å²) in [6.07, 6.45) is 0.609. The molecule has 2 heterocycles. The van der Waals surface area contributed by atoms with E-state index in [1.165, 1.54) is 11.5 Å². The van der Waals surface area contributed by atoms with Crippen LogP contribution in [0.25, 0.3) is 11.3 Å². The first-order chi connectivity index (χ1) is 11.6. The summed E-state index contributed by atoms with van der Waals surface area (Å²) in [6.45, 7) is 3.98. The Hall–Kier alpha value is -1.55. The van der Waals surface area contributed by atoms with E-state index in [2.05, 4.69) is 19.2 Å². The van der Waals surface area contributed by atoms with Crippen LogP contribution in [0.1, 0.15) is 6.42 Å². The number of aromatic nitrogens is 2. The van der Waals surface area contributed by atoms with E-state index >= 15 is 0 Å². The number of rotatable bonds is 7. The summed E-state index contributed by atoms with van der Waals surface area (Å²) >= 11 is 1.28. The van der Waals surface area contributed by atoms with Crippen LogP contribution in [0.3, 0.4) is 0 Å². The van der Waals surface area contributed by atoms with Gasteiger partial charge in [0.1, 0.15) is 5.69 Å². The number of morpholine rings is 1. The van der Waals surface area contributed by atoms with Crippen molar-refractivity contribution in [1.29, 1.82) is 0 Å². The number of benzene rings is 1. The van der Waals surface area contributed by atoms with Gasteiger partial charge in [-0.3, -0.25) is 9.62 Å². The van der Waals surface area contributed by atoms with Gasteiger partial charge in [0.15, 0.2) is 0 Å². The summed E-state index contributed by atoms with van der Waals surface area (Å²) in [5.41, 5.74) is 2.27. The van der Waals surface area contributed by atoms with Crippen LogP contribution in [0.15, 0.2) is 29.6 Å². The van der Waals surface area contributed by atoms with Crippen molar-refractivity contribution >= 4 is 27.2 Å². The lowest BCUT2D eigenvalue weighted by Crippen LogP contribution is -2.37. The number of ether oxygens (including phenoxy) is 1. The molecule has 0 bridgehead atoms. The predicted molar refractivity (Wildman–Crippen MR) is 94.6 cm³/mol. The summed E-state index contributed by atoms with van der Waals surface area (Å²) in [7, 11) is -3.34. The molecule has 24 heavy (non-hydrogen) atoms. The average Bonchev–Trinajstić information content (AvgIpc) is 3.10. The van der Waals surface area contributed by atoms with Crippen LogP contribution in [0.2, 0.25) is 0 Å². The van der Waals surface area contributed by atoms with E-state index in [0.717, 1.165) is 44.1 Å². The van der Waals surface area contributed by atoms with Crippen molar-refractivity contribution in [1.82, 2.24) is 14.5 Å². The molecule has 1 N–H and O–H groups in total. The highest BCUT2D eigenvalue weighted by Gasteiger charge is 2.14. The average molecular weight is 368 g/mol. The molecular formula is C15H20N4O3S2. The minimum absolute atomic E-state index is 0.113. The lowest BCUT2D eigenvalue weighted by atomic mass is 10.2. The van der Waals surface area contributed by atoms with Crippen molar-refractivity contribution in [2.75, 3.05) is 43.3 Å². The van der Waals surface area contributed by atoms with Crippen molar-refractivity contribution in [3.8, 4) is 11.3 Å². The molecule has 0 atom stereocenters. The smallest absolute Gasteiger partial charge is 0.232 e. The molecule has 1 fully saturated rings. The fraction of sp³-hybridized carbons (Fsp3) is 0.467. The van der Waals surface area contributed by atoms with E-state index in [-0.39, 0.29) is 5.75 Å². The second kappa shape index (κ2) is 8.02. The second-order valence-electron chi connectivity index (χ2n) is 5.60. The normalized spacial score (nSPS) is 16.2. The lowest BCUT2D eigenvalue weighted by molar-refractivity contribution is 0.0381. The first kappa shape index (κ1) is 17.3. The highest BCUT2D eigenvalue weighted by Crippen LogP contribution is 2.20. The molecule has 0 saturated carbocycles. The first-order valence-corrected chi connectivity index (χ1v) is 10.3. The second-order valence-corrected chi connectivity index (χ2v) is 8.05. The Balaban J connectivity index is 1.50. The van der Waals surface area contributed by atoms with E-state index in [4.69, 9.17) is 4.74 Å². The van der Waals surface area contributed by atoms with E-state index in [9.17, 15) is 8.42 Å². The van der Waals surface area contributed by atoms with Gasteiger partial charge in [0.05, 0.1) is 19.0 Å². The summed E-state index contributed by atoms with van der Waals surface area (Å²) < 4.78 is 36.1. The molecule has 1 aromatic carbocycles. The number of nitrogens with one attached hydrogen (secondary N) is 1. The third-order valence-corrected chi connectivity index (χ3v) is 5.68. The van der Waals surface area contributed by atoms with Gasteiger partial charge in [-0.2, -0.15) is 0 Å². The van der Waals surface area contributed by atoms with Gasteiger partial charge in [0, 0.05) is 29.7 Å². The summed E-state index contributed by atoms with van der Waals surface area (Å²) in [5, 5.41) is 5.84. The molecule has 9 heteroatoms. The summed E-state index contributed by atoms with van der Waals surface area (Å²) in [6, 6.07) is 7.16. The molecule has 1 aliphatic rings. The van der Waals surface area contributed by atoms with E-state index in [0.29, 0.717) is 12.1 Å². The molecule has 130 valence electrons. The molecule has 2 aromatic rings. The molecule has 0 spiro atoms. The van der Waals surface area contributed by atoms with Gasteiger partial charge in [-0.15, -0.1) is 5.10 Å². The zero-order valence-electron chi connectivity index (χ0n) is 13.2. The Morgan fingerprint density at radius 2 is 1.96 bits per heavy atom. The van der Waals surface area contributed by atoms with Crippen LogP contribution >= 0.6 is 11.5 Å². The fourth-order valence-corrected chi connectivity index (χ4v) is 4.10. The van der Waals surface area contributed by atoms with Crippen LogP contribution in [0, 0.1) is 0 Å². The van der Waals surface area contributed by atoms with Gasteiger partial charge in [0.2, 0.25) is 10.0 Å². The molecule has 1 saturated heterocycles. The Labute approximate surface area is 145 Å². The molecule has 3 rings (SSSR count). The SMILES string of the molecule is O=S(=O)(CCCN1CCOCC1)Nc1ccc(-c2csnn2)cc1. The van der Waals surface area contributed by atoms with Gasteiger partial charge < -0.3 is 4.74 Å².